The minimum atomic E-state index is -0.583. The lowest BCUT2D eigenvalue weighted by atomic mass is 9.86. The average molecular weight is 541 g/mol. The second kappa shape index (κ2) is 16.2. The Morgan fingerprint density at radius 3 is 2.49 bits per heavy atom. The molecule has 0 aliphatic carbocycles. The van der Waals surface area contributed by atoms with Gasteiger partial charge in [-0.25, -0.2) is 0 Å². The van der Waals surface area contributed by atoms with Crippen molar-refractivity contribution in [3.8, 4) is 0 Å². The minimum absolute atomic E-state index is 0.0491. The summed E-state index contributed by atoms with van der Waals surface area (Å²) < 4.78 is 5.82. The second-order valence-corrected chi connectivity index (χ2v) is 11.7. The number of nitrogens with one attached hydrogen (secondary N) is 1. The number of ether oxygens (including phenoxy) is 1. The van der Waals surface area contributed by atoms with E-state index < -0.39 is 12.0 Å². The zero-order valence-electron chi connectivity index (χ0n) is 24.1. The van der Waals surface area contributed by atoms with E-state index >= 15 is 0 Å². The van der Waals surface area contributed by atoms with Crippen LogP contribution in [-0.2, 0) is 25.5 Å². The van der Waals surface area contributed by atoms with Crippen LogP contribution in [0.15, 0.2) is 55.6 Å². The fourth-order valence-corrected chi connectivity index (χ4v) is 4.96. The van der Waals surface area contributed by atoms with Gasteiger partial charge in [-0.05, 0) is 55.9 Å². The molecule has 0 aromatic heterocycles. The van der Waals surface area contributed by atoms with Gasteiger partial charge >= 0.3 is 5.97 Å². The summed E-state index contributed by atoms with van der Waals surface area (Å²) in [4.78, 5) is 41.2. The molecule has 7 heteroatoms. The first kappa shape index (κ1) is 32.3. The normalized spacial score (nSPS) is 17.6. The number of aliphatic hydroxyl groups excluding tert-OH is 1. The SMILES string of the molecule is C=CCCC[C@H](Cc1ccccc1)C(=O)OC[C@@H](NC(=O)[C@@H](CC=C)CC(=O)N1CCC[C@H]1CO)C(C)(C)C. The summed E-state index contributed by atoms with van der Waals surface area (Å²) in [7, 11) is 0. The van der Waals surface area contributed by atoms with Crippen molar-refractivity contribution in [2.75, 3.05) is 19.8 Å². The summed E-state index contributed by atoms with van der Waals surface area (Å²) in [6.45, 7) is 14.1. The highest BCUT2D eigenvalue weighted by Crippen LogP contribution is 2.24. The molecule has 39 heavy (non-hydrogen) atoms. The maximum absolute atomic E-state index is 13.4. The van der Waals surface area contributed by atoms with E-state index in [-0.39, 0.29) is 54.8 Å². The largest absolute Gasteiger partial charge is 0.463 e. The molecule has 1 aliphatic rings. The first-order chi connectivity index (χ1) is 18.6. The zero-order valence-corrected chi connectivity index (χ0v) is 24.1. The van der Waals surface area contributed by atoms with E-state index in [0.717, 1.165) is 31.2 Å². The van der Waals surface area contributed by atoms with Gasteiger partial charge in [-0.1, -0.05) is 63.3 Å². The number of amides is 2. The Bertz CT molecular complexity index is 940. The minimum Gasteiger partial charge on any atom is -0.463 e. The number of carbonyl (C=O) groups excluding carboxylic acids is 3. The summed E-state index contributed by atoms with van der Waals surface area (Å²) >= 11 is 0. The molecule has 0 bridgehead atoms. The number of rotatable bonds is 16. The second-order valence-electron chi connectivity index (χ2n) is 11.7. The molecule has 0 unspecified atom stereocenters. The van der Waals surface area contributed by atoms with Gasteiger partial charge in [-0.2, -0.15) is 0 Å². The predicted octanol–water partition coefficient (Wildman–Crippen LogP) is 4.84. The number of hydrogen-bond acceptors (Lipinski definition) is 5. The molecule has 1 aromatic rings. The van der Waals surface area contributed by atoms with Gasteiger partial charge in [0, 0.05) is 13.0 Å². The molecule has 0 radical (unpaired) electrons. The van der Waals surface area contributed by atoms with Crippen LogP contribution in [0.25, 0.3) is 0 Å². The summed E-state index contributed by atoms with van der Waals surface area (Å²) in [5, 5.41) is 12.7. The number of hydrogen-bond donors (Lipinski definition) is 2. The van der Waals surface area contributed by atoms with Crippen molar-refractivity contribution in [2.24, 2.45) is 17.3 Å². The number of nitrogens with zero attached hydrogens (tertiary/aromatic N) is 1. The summed E-state index contributed by atoms with van der Waals surface area (Å²) in [5.41, 5.74) is 0.699. The van der Waals surface area contributed by atoms with Crippen molar-refractivity contribution in [2.45, 2.75) is 84.2 Å². The summed E-state index contributed by atoms with van der Waals surface area (Å²) in [6.07, 6.45) is 8.51. The molecule has 1 aliphatic heterocycles. The van der Waals surface area contributed by atoms with Crippen LogP contribution in [0.4, 0.5) is 0 Å². The number of likely N-dealkylation sites (tertiary alicyclic amines) is 1. The van der Waals surface area contributed by atoms with Crippen LogP contribution < -0.4 is 5.32 Å². The molecule has 2 N–H and O–H groups in total. The molecule has 4 atom stereocenters. The molecule has 0 spiro atoms. The molecular weight excluding hydrogens is 492 g/mol. The third-order valence-corrected chi connectivity index (χ3v) is 7.52. The van der Waals surface area contributed by atoms with Crippen molar-refractivity contribution < 1.29 is 24.2 Å². The van der Waals surface area contributed by atoms with Gasteiger partial charge in [0.25, 0.3) is 0 Å². The number of unbranched alkanes of at least 4 members (excludes halogenated alkanes) is 1. The predicted molar refractivity (Wildman–Crippen MR) is 155 cm³/mol. The summed E-state index contributed by atoms with van der Waals surface area (Å²) in [6, 6.07) is 9.29. The Kier molecular flexibility index (Phi) is 13.4. The molecule has 2 amide bonds. The molecular formula is C32H48N2O5. The smallest absolute Gasteiger partial charge is 0.309 e. The van der Waals surface area contributed by atoms with E-state index in [1.165, 1.54) is 0 Å². The molecule has 7 nitrogen and oxygen atoms in total. The lowest BCUT2D eigenvalue weighted by molar-refractivity contribution is -0.151. The van der Waals surface area contributed by atoms with Crippen molar-refractivity contribution in [1.82, 2.24) is 10.2 Å². The van der Waals surface area contributed by atoms with Gasteiger partial charge in [0.15, 0.2) is 0 Å². The van der Waals surface area contributed by atoms with E-state index in [1.54, 1.807) is 11.0 Å². The monoisotopic (exact) mass is 540 g/mol. The van der Waals surface area contributed by atoms with Crippen LogP contribution in [0.3, 0.4) is 0 Å². The average Bonchev–Trinajstić information content (AvgIpc) is 3.39. The van der Waals surface area contributed by atoms with Crippen molar-refractivity contribution >= 4 is 17.8 Å². The highest BCUT2D eigenvalue weighted by molar-refractivity contribution is 5.86. The van der Waals surface area contributed by atoms with E-state index in [1.807, 2.05) is 57.2 Å². The van der Waals surface area contributed by atoms with Gasteiger partial charge in [0.1, 0.15) is 6.61 Å². The van der Waals surface area contributed by atoms with Crippen LogP contribution in [0.1, 0.15) is 71.3 Å². The molecule has 1 heterocycles. The fourth-order valence-electron chi connectivity index (χ4n) is 4.96. The van der Waals surface area contributed by atoms with Gasteiger partial charge in [-0.15, -0.1) is 13.2 Å². The van der Waals surface area contributed by atoms with Crippen molar-refractivity contribution in [3.05, 3.63) is 61.2 Å². The van der Waals surface area contributed by atoms with Crippen LogP contribution in [0.5, 0.6) is 0 Å². The maximum Gasteiger partial charge on any atom is 0.309 e. The Labute approximate surface area is 234 Å². The van der Waals surface area contributed by atoms with Crippen molar-refractivity contribution in [1.29, 1.82) is 0 Å². The van der Waals surface area contributed by atoms with Crippen molar-refractivity contribution in [3.63, 3.8) is 0 Å². The Morgan fingerprint density at radius 1 is 1.15 bits per heavy atom. The topological polar surface area (TPSA) is 95.9 Å². The van der Waals surface area contributed by atoms with Gasteiger partial charge in [0.05, 0.1) is 30.5 Å². The van der Waals surface area contributed by atoms with E-state index in [2.05, 4.69) is 18.5 Å². The molecule has 2 rings (SSSR count). The number of carbonyl (C=O) groups is 3. The quantitative estimate of drug-likeness (QED) is 0.178. The lowest BCUT2D eigenvalue weighted by Crippen LogP contribution is -2.50. The van der Waals surface area contributed by atoms with E-state index in [4.69, 9.17) is 4.74 Å². The Hall–Kier alpha value is -2.93. The third kappa shape index (κ3) is 10.6. The maximum atomic E-state index is 13.4. The summed E-state index contributed by atoms with van der Waals surface area (Å²) in [5.74, 6) is -1.52. The molecule has 1 aromatic carbocycles. The van der Waals surface area contributed by atoms with Crippen LogP contribution in [0.2, 0.25) is 0 Å². The molecule has 1 fully saturated rings. The van der Waals surface area contributed by atoms with Crippen LogP contribution in [-0.4, -0.2) is 59.6 Å². The first-order valence-corrected chi connectivity index (χ1v) is 14.2. The highest BCUT2D eigenvalue weighted by Gasteiger charge is 2.34. The number of esters is 1. The van der Waals surface area contributed by atoms with Gasteiger partial charge in [0.2, 0.25) is 11.8 Å². The number of allylic oxidation sites excluding steroid dienone is 2. The number of aliphatic hydroxyl groups is 1. The molecule has 0 saturated carbocycles. The zero-order chi connectivity index (χ0) is 28.8. The van der Waals surface area contributed by atoms with Crippen LogP contribution >= 0.6 is 0 Å². The standard InChI is InChI=1S/C32H48N2O5/c1-6-8-10-17-26(20-24-15-11-9-12-16-24)31(38)39-23-28(32(3,4)5)33-30(37)25(14-7-2)21-29(36)34-19-13-18-27(34)22-35/h6-7,9,11-12,15-16,25-28,35H,1-2,8,10,13-14,17-23H2,3-5H3,(H,33,37)/t25-,26+,27-,28+/m0/s1. The molecule has 216 valence electrons. The third-order valence-electron chi connectivity index (χ3n) is 7.52. The lowest BCUT2D eigenvalue weighted by Gasteiger charge is -2.33. The fraction of sp³-hybridized carbons (Fsp3) is 0.594. The van der Waals surface area contributed by atoms with Gasteiger partial charge < -0.3 is 20.1 Å². The molecule has 1 saturated heterocycles. The van der Waals surface area contributed by atoms with Gasteiger partial charge in [-0.3, -0.25) is 14.4 Å². The highest BCUT2D eigenvalue weighted by atomic mass is 16.5. The first-order valence-electron chi connectivity index (χ1n) is 14.2. The van der Waals surface area contributed by atoms with E-state index in [9.17, 15) is 19.5 Å². The van der Waals surface area contributed by atoms with E-state index in [0.29, 0.717) is 25.8 Å². The Morgan fingerprint density at radius 2 is 1.87 bits per heavy atom. The number of benzene rings is 1. The Balaban J connectivity index is 2.05. The van der Waals surface area contributed by atoms with Crippen LogP contribution in [0, 0.1) is 17.3 Å².